The number of alkyl carbamates (subject to hydrolysis) is 1. The lowest BCUT2D eigenvalue weighted by Crippen LogP contribution is -2.31. The maximum absolute atomic E-state index is 11.3. The molecular formula is C13H23Cl2N3O2. The summed E-state index contributed by atoms with van der Waals surface area (Å²) in [4.78, 5) is 11.3. The monoisotopic (exact) mass is 323 g/mol. The molecule has 1 rings (SSSR count). The van der Waals surface area contributed by atoms with Crippen LogP contribution in [0, 0.1) is 0 Å². The van der Waals surface area contributed by atoms with Crippen LogP contribution < -0.4 is 16.8 Å². The van der Waals surface area contributed by atoms with E-state index >= 15 is 0 Å². The molecule has 1 amide bonds. The van der Waals surface area contributed by atoms with Crippen LogP contribution in [0.5, 0.6) is 0 Å². The van der Waals surface area contributed by atoms with Crippen molar-refractivity contribution >= 4 is 30.9 Å². The first-order valence-corrected chi connectivity index (χ1v) is 6.12. The zero-order valence-electron chi connectivity index (χ0n) is 11.3. The van der Waals surface area contributed by atoms with Gasteiger partial charge in [0.2, 0.25) is 0 Å². The van der Waals surface area contributed by atoms with Gasteiger partial charge in [-0.3, -0.25) is 0 Å². The molecule has 5 N–H and O–H groups in total. The van der Waals surface area contributed by atoms with Gasteiger partial charge in [0, 0.05) is 19.1 Å². The van der Waals surface area contributed by atoms with Crippen LogP contribution in [0.2, 0.25) is 0 Å². The molecule has 1 aromatic rings. The van der Waals surface area contributed by atoms with Crippen molar-refractivity contribution in [2.75, 3.05) is 13.1 Å². The fraction of sp³-hybridized carbons (Fsp3) is 0.462. The molecule has 0 aliphatic rings. The van der Waals surface area contributed by atoms with Gasteiger partial charge in [-0.1, -0.05) is 30.3 Å². The predicted molar refractivity (Wildman–Crippen MR) is 85.4 cm³/mol. The average Bonchev–Trinajstić information content (AvgIpc) is 2.42. The van der Waals surface area contributed by atoms with Crippen molar-refractivity contribution in [3.05, 3.63) is 35.9 Å². The van der Waals surface area contributed by atoms with Crippen molar-refractivity contribution < 1.29 is 9.53 Å². The molecule has 5 nitrogen and oxygen atoms in total. The largest absolute Gasteiger partial charge is 0.445 e. The van der Waals surface area contributed by atoms with Crippen LogP contribution in [0.1, 0.15) is 18.4 Å². The fourth-order valence-electron chi connectivity index (χ4n) is 1.45. The number of nitrogens with two attached hydrogens (primary N) is 2. The van der Waals surface area contributed by atoms with E-state index in [1.807, 2.05) is 30.3 Å². The Balaban J connectivity index is 0. The summed E-state index contributed by atoms with van der Waals surface area (Å²) in [6, 6.07) is 9.56. The summed E-state index contributed by atoms with van der Waals surface area (Å²) in [5.74, 6) is 0. The van der Waals surface area contributed by atoms with Gasteiger partial charge in [-0.25, -0.2) is 4.79 Å². The summed E-state index contributed by atoms with van der Waals surface area (Å²) in [5, 5.41) is 2.67. The summed E-state index contributed by atoms with van der Waals surface area (Å²) in [5.41, 5.74) is 12.0. The first-order chi connectivity index (χ1) is 8.72. The Bertz CT molecular complexity index is 353. The zero-order valence-corrected chi connectivity index (χ0v) is 12.9. The van der Waals surface area contributed by atoms with Crippen LogP contribution in [0.3, 0.4) is 0 Å². The number of carbonyl (C=O) groups excluding carboxylic acids is 1. The first-order valence-electron chi connectivity index (χ1n) is 6.12. The molecule has 0 heterocycles. The van der Waals surface area contributed by atoms with E-state index < -0.39 is 6.09 Å². The summed E-state index contributed by atoms with van der Waals surface area (Å²) in [6.07, 6.45) is 1.20. The van der Waals surface area contributed by atoms with Crippen LogP contribution >= 0.6 is 24.8 Å². The van der Waals surface area contributed by atoms with Crippen molar-refractivity contribution in [2.24, 2.45) is 11.5 Å². The Labute approximate surface area is 132 Å². The van der Waals surface area contributed by atoms with Gasteiger partial charge in [-0.15, -0.1) is 24.8 Å². The van der Waals surface area contributed by atoms with Crippen molar-refractivity contribution in [1.29, 1.82) is 0 Å². The minimum Gasteiger partial charge on any atom is -0.445 e. The molecule has 0 aliphatic carbocycles. The molecule has 0 fully saturated rings. The number of benzene rings is 1. The second kappa shape index (κ2) is 13.0. The van der Waals surface area contributed by atoms with Crippen LogP contribution in [0.15, 0.2) is 30.3 Å². The van der Waals surface area contributed by atoms with Gasteiger partial charge in [-0.2, -0.15) is 0 Å². The highest BCUT2D eigenvalue weighted by Crippen LogP contribution is 2.00. The number of amides is 1. The molecule has 1 aromatic carbocycles. The quantitative estimate of drug-likeness (QED) is 0.667. The average molecular weight is 324 g/mol. The molecule has 0 radical (unpaired) electrons. The Hall–Kier alpha value is -1.01. The number of rotatable bonds is 7. The maximum Gasteiger partial charge on any atom is 0.407 e. The van der Waals surface area contributed by atoms with Gasteiger partial charge >= 0.3 is 6.09 Å². The number of ether oxygens (including phenoxy) is 1. The SMILES string of the molecule is Cl.Cl.NC[C@H](N)CCCNC(=O)OCc1ccccc1. The second-order valence-corrected chi connectivity index (χ2v) is 4.13. The van der Waals surface area contributed by atoms with E-state index in [1.54, 1.807) is 0 Å². The standard InChI is InChI=1S/C13H21N3O2.2ClH/c14-9-12(15)7-4-8-16-13(17)18-10-11-5-2-1-3-6-11;;/h1-3,5-6,12H,4,7-10,14-15H2,(H,16,17);2*1H/t12-;;/m1../s1. The van der Waals surface area contributed by atoms with E-state index in [-0.39, 0.29) is 37.5 Å². The van der Waals surface area contributed by atoms with Gasteiger partial charge in [0.1, 0.15) is 6.61 Å². The number of halogens is 2. The molecule has 7 heteroatoms. The van der Waals surface area contributed by atoms with Crippen molar-refractivity contribution in [3.63, 3.8) is 0 Å². The van der Waals surface area contributed by atoms with Gasteiger partial charge in [0.05, 0.1) is 0 Å². The molecule has 0 unspecified atom stereocenters. The number of nitrogens with one attached hydrogen (secondary N) is 1. The van der Waals surface area contributed by atoms with Gasteiger partial charge in [0.15, 0.2) is 0 Å². The zero-order chi connectivity index (χ0) is 13.2. The minimum atomic E-state index is -0.403. The summed E-state index contributed by atoms with van der Waals surface area (Å²) in [6.45, 7) is 1.31. The molecule has 0 bridgehead atoms. The lowest BCUT2D eigenvalue weighted by Gasteiger charge is -2.09. The maximum atomic E-state index is 11.3. The fourth-order valence-corrected chi connectivity index (χ4v) is 1.45. The van der Waals surface area contributed by atoms with Crippen molar-refractivity contribution in [2.45, 2.75) is 25.5 Å². The first kappa shape index (κ1) is 21.3. The molecule has 116 valence electrons. The van der Waals surface area contributed by atoms with Crippen molar-refractivity contribution in [1.82, 2.24) is 5.32 Å². The molecule has 0 aromatic heterocycles. The third kappa shape index (κ3) is 9.86. The van der Waals surface area contributed by atoms with Crippen LogP contribution in [-0.4, -0.2) is 25.2 Å². The van der Waals surface area contributed by atoms with E-state index in [0.717, 1.165) is 18.4 Å². The molecule has 0 spiro atoms. The van der Waals surface area contributed by atoms with Crippen LogP contribution in [0.4, 0.5) is 4.79 Å². The number of hydrogen-bond donors (Lipinski definition) is 3. The number of hydrogen-bond acceptors (Lipinski definition) is 4. The van der Waals surface area contributed by atoms with E-state index in [0.29, 0.717) is 13.1 Å². The summed E-state index contributed by atoms with van der Waals surface area (Å²) in [7, 11) is 0. The van der Waals surface area contributed by atoms with Crippen molar-refractivity contribution in [3.8, 4) is 0 Å². The van der Waals surface area contributed by atoms with Crippen LogP contribution in [0.25, 0.3) is 0 Å². The highest BCUT2D eigenvalue weighted by Gasteiger charge is 2.03. The Morgan fingerprint density at radius 1 is 1.25 bits per heavy atom. The molecule has 0 saturated heterocycles. The lowest BCUT2D eigenvalue weighted by molar-refractivity contribution is 0.139. The van der Waals surface area contributed by atoms with Gasteiger partial charge < -0.3 is 21.5 Å². The predicted octanol–water partition coefficient (Wildman–Crippen LogP) is 1.82. The highest BCUT2D eigenvalue weighted by atomic mass is 35.5. The summed E-state index contributed by atoms with van der Waals surface area (Å²) >= 11 is 0. The molecular weight excluding hydrogens is 301 g/mol. The molecule has 0 aliphatic heterocycles. The second-order valence-electron chi connectivity index (χ2n) is 4.13. The Morgan fingerprint density at radius 3 is 2.50 bits per heavy atom. The van der Waals surface area contributed by atoms with E-state index in [2.05, 4.69) is 5.32 Å². The topological polar surface area (TPSA) is 90.4 Å². The molecule has 0 saturated carbocycles. The van der Waals surface area contributed by atoms with Gasteiger partial charge in [0.25, 0.3) is 0 Å². The Kier molecular flexibility index (Phi) is 13.8. The van der Waals surface area contributed by atoms with Gasteiger partial charge in [-0.05, 0) is 18.4 Å². The highest BCUT2D eigenvalue weighted by molar-refractivity contribution is 5.85. The van der Waals surface area contributed by atoms with Crippen LogP contribution in [-0.2, 0) is 11.3 Å². The smallest absolute Gasteiger partial charge is 0.407 e. The van der Waals surface area contributed by atoms with E-state index in [1.165, 1.54) is 0 Å². The minimum absolute atomic E-state index is 0. The normalized spacial score (nSPS) is 10.7. The third-order valence-corrected chi connectivity index (χ3v) is 2.54. The lowest BCUT2D eigenvalue weighted by atomic mass is 10.2. The molecule has 1 atom stereocenters. The third-order valence-electron chi connectivity index (χ3n) is 2.54. The summed E-state index contributed by atoms with van der Waals surface area (Å²) < 4.78 is 5.06. The molecule has 20 heavy (non-hydrogen) atoms. The van der Waals surface area contributed by atoms with E-state index in [9.17, 15) is 4.79 Å². The number of carbonyl (C=O) groups is 1. The Morgan fingerprint density at radius 2 is 1.90 bits per heavy atom. The van der Waals surface area contributed by atoms with E-state index in [4.69, 9.17) is 16.2 Å².